The molecule has 3 rings (SSSR count). The van der Waals surface area contributed by atoms with E-state index in [1.807, 2.05) is 31.2 Å². The summed E-state index contributed by atoms with van der Waals surface area (Å²) in [7, 11) is 1.49. The summed E-state index contributed by atoms with van der Waals surface area (Å²) < 4.78 is 16.3. The maximum Gasteiger partial charge on any atom is 0.329 e. The highest BCUT2D eigenvalue weighted by molar-refractivity contribution is 8.18. The van der Waals surface area contributed by atoms with Gasteiger partial charge in [0.05, 0.1) is 23.6 Å². The highest BCUT2D eigenvalue weighted by Crippen LogP contribution is 2.39. The fraction of sp³-hybridized carbons (Fsp3) is 0.292. The SMILES string of the molecule is CCOC(=O)[C@H](C)N1C(=O)S/C(=C/c2cc(Cl)c(OCc3cccc(C)c3)c(OC)c2)C1=O. The van der Waals surface area contributed by atoms with E-state index in [4.69, 9.17) is 25.8 Å². The number of carbonyl (C=O) groups is 3. The summed E-state index contributed by atoms with van der Waals surface area (Å²) in [6, 6.07) is 10.2. The first-order chi connectivity index (χ1) is 15.7. The van der Waals surface area contributed by atoms with E-state index in [2.05, 4.69) is 0 Å². The van der Waals surface area contributed by atoms with Crippen molar-refractivity contribution in [1.82, 2.24) is 4.90 Å². The van der Waals surface area contributed by atoms with Gasteiger partial charge in [-0.15, -0.1) is 0 Å². The van der Waals surface area contributed by atoms with Gasteiger partial charge in [-0.05, 0) is 61.9 Å². The first-order valence-corrected chi connectivity index (χ1v) is 11.4. The van der Waals surface area contributed by atoms with E-state index in [1.165, 1.54) is 20.1 Å². The van der Waals surface area contributed by atoms with Crippen molar-refractivity contribution < 1.29 is 28.6 Å². The molecule has 0 N–H and O–H groups in total. The lowest BCUT2D eigenvalue weighted by Gasteiger charge is -2.19. The van der Waals surface area contributed by atoms with Gasteiger partial charge >= 0.3 is 5.97 Å². The number of aryl methyl sites for hydroxylation is 1. The molecule has 2 aromatic rings. The summed E-state index contributed by atoms with van der Waals surface area (Å²) in [5.74, 6) is -0.441. The maximum atomic E-state index is 12.8. The molecule has 2 amide bonds. The van der Waals surface area contributed by atoms with Crippen LogP contribution in [0.3, 0.4) is 0 Å². The van der Waals surface area contributed by atoms with Gasteiger partial charge in [0.2, 0.25) is 0 Å². The molecule has 1 atom stereocenters. The van der Waals surface area contributed by atoms with Crippen LogP contribution in [0, 0.1) is 6.92 Å². The fourth-order valence-corrected chi connectivity index (χ4v) is 4.44. The van der Waals surface area contributed by atoms with Crippen LogP contribution in [-0.2, 0) is 20.9 Å². The highest BCUT2D eigenvalue weighted by atomic mass is 35.5. The van der Waals surface area contributed by atoms with Crippen molar-refractivity contribution in [3.8, 4) is 11.5 Å². The molecule has 7 nitrogen and oxygen atoms in total. The van der Waals surface area contributed by atoms with E-state index in [0.29, 0.717) is 28.7 Å². The topological polar surface area (TPSA) is 82.1 Å². The van der Waals surface area contributed by atoms with Crippen molar-refractivity contribution in [2.24, 2.45) is 0 Å². The van der Waals surface area contributed by atoms with Crippen LogP contribution < -0.4 is 9.47 Å². The Hall–Kier alpha value is -2.97. The van der Waals surface area contributed by atoms with Gasteiger partial charge in [0, 0.05) is 0 Å². The number of nitrogens with zero attached hydrogens (tertiary/aromatic N) is 1. The van der Waals surface area contributed by atoms with Crippen LogP contribution in [-0.4, -0.2) is 41.8 Å². The molecule has 0 spiro atoms. The van der Waals surface area contributed by atoms with Crippen molar-refractivity contribution in [3.63, 3.8) is 0 Å². The van der Waals surface area contributed by atoms with Crippen LogP contribution >= 0.6 is 23.4 Å². The Bertz CT molecular complexity index is 1120. The number of thioether (sulfide) groups is 1. The highest BCUT2D eigenvalue weighted by Gasteiger charge is 2.41. The Labute approximate surface area is 201 Å². The minimum absolute atomic E-state index is 0.159. The summed E-state index contributed by atoms with van der Waals surface area (Å²) in [6.07, 6.45) is 1.53. The first kappa shape index (κ1) is 24.7. The van der Waals surface area contributed by atoms with Gasteiger partial charge in [-0.2, -0.15) is 0 Å². The second-order valence-electron chi connectivity index (χ2n) is 7.29. The number of methoxy groups -OCH3 is 1. The molecular formula is C24H24ClNO6S. The van der Waals surface area contributed by atoms with Crippen molar-refractivity contribution >= 4 is 46.6 Å². The molecule has 1 aliphatic rings. The monoisotopic (exact) mass is 489 g/mol. The zero-order chi connectivity index (χ0) is 24.1. The molecule has 9 heteroatoms. The molecule has 1 heterocycles. The Kier molecular flexibility index (Phi) is 8.05. The molecule has 1 fully saturated rings. The smallest absolute Gasteiger partial charge is 0.329 e. The molecule has 0 aliphatic carbocycles. The fourth-order valence-electron chi connectivity index (χ4n) is 3.25. The molecular weight excluding hydrogens is 466 g/mol. The normalized spacial score (nSPS) is 15.7. The minimum atomic E-state index is -1.01. The number of esters is 1. The number of hydrogen-bond acceptors (Lipinski definition) is 7. The van der Waals surface area contributed by atoms with Gasteiger partial charge in [-0.3, -0.25) is 14.5 Å². The van der Waals surface area contributed by atoms with Crippen LogP contribution in [0.1, 0.15) is 30.5 Å². The zero-order valence-electron chi connectivity index (χ0n) is 18.7. The number of benzene rings is 2. The predicted molar refractivity (Wildman–Crippen MR) is 127 cm³/mol. The quantitative estimate of drug-likeness (QED) is 0.371. The summed E-state index contributed by atoms with van der Waals surface area (Å²) in [5.41, 5.74) is 2.66. The summed E-state index contributed by atoms with van der Waals surface area (Å²) in [5, 5.41) is -0.240. The van der Waals surface area contributed by atoms with E-state index in [-0.39, 0.29) is 11.5 Å². The Morgan fingerprint density at radius 1 is 1.24 bits per heavy atom. The lowest BCUT2D eigenvalue weighted by molar-refractivity contribution is -0.150. The van der Waals surface area contributed by atoms with E-state index < -0.39 is 23.2 Å². The van der Waals surface area contributed by atoms with Gasteiger partial charge in [0.15, 0.2) is 11.5 Å². The molecule has 2 aromatic carbocycles. The molecule has 0 bridgehead atoms. The second kappa shape index (κ2) is 10.8. The van der Waals surface area contributed by atoms with Gasteiger partial charge < -0.3 is 14.2 Å². The third-order valence-corrected chi connectivity index (χ3v) is 6.02. The lowest BCUT2D eigenvalue weighted by Crippen LogP contribution is -2.42. The van der Waals surface area contributed by atoms with Crippen LogP contribution in [0.15, 0.2) is 41.3 Å². The van der Waals surface area contributed by atoms with Crippen molar-refractivity contribution in [2.45, 2.75) is 33.4 Å². The lowest BCUT2D eigenvalue weighted by atomic mass is 10.1. The minimum Gasteiger partial charge on any atom is -0.493 e. The molecule has 174 valence electrons. The Balaban J connectivity index is 1.82. The molecule has 0 saturated carbocycles. The van der Waals surface area contributed by atoms with Gasteiger partial charge in [0.1, 0.15) is 12.6 Å². The molecule has 1 saturated heterocycles. The van der Waals surface area contributed by atoms with E-state index >= 15 is 0 Å². The number of ether oxygens (including phenoxy) is 3. The first-order valence-electron chi connectivity index (χ1n) is 10.2. The number of rotatable bonds is 8. The van der Waals surface area contributed by atoms with E-state index in [1.54, 1.807) is 19.1 Å². The van der Waals surface area contributed by atoms with Crippen molar-refractivity contribution in [2.75, 3.05) is 13.7 Å². The summed E-state index contributed by atoms with van der Waals surface area (Å²) >= 11 is 7.20. The van der Waals surface area contributed by atoms with Crippen molar-refractivity contribution in [1.29, 1.82) is 0 Å². The average molecular weight is 490 g/mol. The number of halogens is 1. The molecule has 1 aliphatic heterocycles. The maximum absolute atomic E-state index is 12.8. The predicted octanol–water partition coefficient (Wildman–Crippen LogP) is 5.22. The molecule has 0 aromatic heterocycles. The van der Waals surface area contributed by atoms with E-state index in [9.17, 15) is 14.4 Å². The molecule has 0 radical (unpaired) electrons. The van der Waals surface area contributed by atoms with Crippen LogP contribution in [0.4, 0.5) is 4.79 Å². The summed E-state index contributed by atoms with van der Waals surface area (Å²) in [6.45, 7) is 5.58. The third kappa shape index (κ3) is 5.69. The van der Waals surface area contributed by atoms with E-state index in [0.717, 1.165) is 27.8 Å². The average Bonchev–Trinajstić information content (AvgIpc) is 3.05. The number of amides is 2. The van der Waals surface area contributed by atoms with Crippen LogP contribution in [0.2, 0.25) is 5.02 Å². The third-order valence-electron chi connectivity index (χ3n) is 4.85. The number of hydrogen-bond donors (Lipinski definition) is 0. The van der Waals surface area contributed by atoms with Crippen molar-refractivity contribution in [3.05, 3.63) is 63.0 Å². The largest absolute Gasteiger partial charge is 0.493 e. The summed E-state index contributed by atoms with van der Waals surface area (Å²) in [4.78, 5) is 38.2. The number of imide groups is 1. The zero-order valence-corrected chi connectivity index (χ0v) is 20.3. The molecule has 0 unspecified atom stereocenters. The second-order valence-corrected chi connectivity index (χ2v) is 8.69. The Morgan fingerprint density at radius 3 is 2.67 bits per heavy atom. The van der Waals surface area contributed by atoms with Gasteiger partial charge in [-0.1, -0.05) is 41.4 Å². The van der Waals surface area contributed by atoms with Gasteiger partial charge in [-0.25, -0.2) is 4.79 Å². The Morgan fingerprint density at radius 2 is 2.00 bits per heavy atom. The van der Waals surface area contributed by atoms with Crippen LogP contribution in [0.5, 0.6) is 11.5 Å². The van der Waals surface area contributed by atoms with Gasteiger partial charge in [0.25, 0.3) is 11.1 Å². The standard InChI is InChI=1S/C24H24ClNO6S/c1-5-31-23(28)15(3)26-22(27)20(33-24(26)29)12-17-10-18(25)21(19(11-17)30-4)32-13-16-8-6-7-14(2)9-16/h6-12,15H,5,13H2,1-4H3/b20-12+/t15-/m0/s1. The van der Waals surface area contributed by atoms with Crippen LogP contribution in [0.25, 0.3) is 6.08 Å². The number of carbonyl (C=O) groups excluding carboxylic acids is 3. The molecule has 33 heavy (non-hydrogen) atoms.